The third-order valence-electron chi connectivity index (χ3n) is 7.05. The summed E-state index contributed by atoms with van der Waals surface area (Å²) in [4.78, 5) is 108. The van der Waals surface area contributed by atoms with E-state index in [1.807, 2.05) is 18.2 Å². The molecule has 0 saturated heterocycles. The summed E-state index contributed by atoms with van der Waals surface area (Å²) in [7, 11) is 0. The molecule has 0 unspecified atom stereocenters. The minimum Gasteiger partial charge on any atom is -0.379 e. The Morgan fingerprint density at radius 1 is 0.667 bits per heavy atom. The van der Waals surface area contributed by atoms with Crippen LogP contribution in [0.15, 0.2) is 36.0 Å². The van der Waals surface area contributed by atoms with Gasteiger partial charge in [-0.1, -0.05) is 18.2 Å². The minimum atomic E-state index is -1.04. The predicted molar refractivity (Wildman–Crippen MR) is 179 cm³/mol. The number of carbonyl (C=O) groups is 9. The SMILES string of the molecule is NC(=O)CCNC(=O)CNC(=O)[C@H](CC1=CCCC=C1)NC(=O)CNC(=O)CNC(=O)CCOCCOCCNC(=O)CCN1C(=O)C=CC1=O. The predicted octanol–water partition coefficient (Wildman–Crippen LogP) is -3.67. The maximum atomic E-state index is 12.8. The van der Waals surface area contributed by atoms with Gasteiger partial charge in [0.2, 0.25) is 41.4 Å². The number of carbonyl (C=O) groups excluding carboxylic acids is 9. The van der Waals surface area contributed by atoms with Crippen LogP contribution in [0.1, 0.15) is 38.5 Å². The van der Waals surface area contributed by atoms with E-state index in [0.29, 0.717) is 0 Å². The molecule has 0 radical (unpaired) electrons. The van der Waals surface area contributed by atoms with E-state index >= 15 is 0 Å². The summed E-state index contributed by atoms with van der Waals surface area (Å²) in [6.07, 6.45) is 9.69. The van der Waals surface area contributed by atoms with E-state index in [4.69, 9.17) is 15.2 Å². The molecule has 19 heteroatoms. The van der Waals surface area contributed by atoms with Crippen molar-refractivity contribution in [2.45, 2.75) is 44.6 Å². The second-order valence-electron chi connectivity index (χ2n) is 11.2. The Labute approximate surface area is 294 Å². The first-order valence-corrected chi connectivity index (χ1v) is 16.4. The van der Waals surface area contributed by atoms with Gasteiger partial charge in [-0.15, -0.1) is 0 Å². The molecule has 51 heavy (non-hydrogen) atoms. The Balaban J connectivity index is 1.55. The number of ether oxygens (including phenoxy) is 2. The zero-order valence-corrected chi connectivity index (χ0v) is 28.3. The molecule has 0 saturated carbocycles. The van der Waals surface area contributed by atoms with Gasteiger partial charge in [0.05, 0.1) is 46.1 Å². The Hall–Kier alpha value is -5.43. The summed E-state index contributed by atoms with van der Waals surface area (Å²) in [6.45, 7) is -0.361. The van der Waals surface area contributed by atoms with Crippen LogP contribution in [0.5, 0.6) is 0 Å². The van der Waals surface area contributed by atoms with Crippen molar-refractivity contribution in [3.63, 3.8) is 0 Å². The molecule has 2 aliphatic rings. The summed E-state index contributed by atoms with van der Waals surface area (Å²) in [5, 5.41) is 14.8. The van der Waals surface area contributed by atoms with Gasteiger partial charge in [0.1, 0.15) is 6.04 Å². The highest BCUT2D eigenvalue weighted by Gasteiger charge is 2.24. The van der Waals surface area contributed by atoms with Crippen molar-refractivity contribution in [1.29, 1.82) is 0 Å². The third-order valence-corrected chi connectivity index (χ3v) is 7.05. The van der Waals surface area contributed by atoms with E-state index in [2.05, 4.69) is 31.9 Å². The number of amides is 9. The molecule has 0 aromatic carbocycles. The van der Waals surface area contributed by atoms with Crippen molar-refractivity contribution in [1.82, 2.24) is 36.8 Å². The fourth-order valence-corrected chi connectivity index (χ4v) is 4.40. The summed E-state index contributed by atoms with van der Waals surface area (Å²) < 4.78 is 10.7. The van der Waals surface area contributed by atoms with Crippen LogP contribution >= 0.6 is 0 Å². The van der Waals surface area contributed by atoms with E-state index in [1.54, 1.807) is 0 Å². The van der Waals surface area contributed by atoms with Crippen LogP contribution in [0.25, 0.3) is 0 Å². The molecule has 9 amide bonds. The molecule has 0 spiro atoms. The average molecular weight is 719 g/mol. The van der Waals surface area contributed by atoms with E-state index in [1.165, 1.54) is 0 Å². The fraction of sp³-hybridized carbons (Fsp3) is 0.531. The summed E-state index contributed by atoms with van der Waals surface area (Å²) in [6, 6.07) is -1.04. The first-order valence-electron chi connectivity index (χ1n) is 16.4. The summed E-state index contributed by atoms with van der Waals surface area (Å²) >= 11 is 0. The summed E-state index contributed by atoms with van der Waals surface area (Å²) in [5.74, 6) is -4.73. The Bertz CT molecular complexity index is 1360. The molecule has 1 atom stereocenters. The summed E-state index contributed by atoms with van der Waals surface area (Å²) in [5.41, 5.74) is 5.85. The molecule has 1 heterocycles. The quantitative estimate of drug-likeness (QED) is 0.0357. The largest absolute Gasteiger partial charge is 0.379 e. The topological polar surface area (TPSA) is 274 Å². The molecule has 8 N–H and O–H groups in total. The van der Waals surface area contributed by atoms with E-state index in [0.717, 1.165) is 35.5 Å². The fourth-order valence-electron chi connectivity index (χ4n) is 4.40. The Morgan fingerprint density at radius 2 is 1.27 bits per heavy atom. The molecule has 0 aromatic heterocycles. The number of imide groups is 1. The second kappa shape index (κ2) is 23.8. The van der Waals surface area contributed by atoms with Crippen molar-refractivity contribution in [3.05, 3.63) is 36.0 Å². The number of rotatable bonds is 25. The Kier molecular flexibility index (Phi) is 19.5. The number of nitrogens with two attached hydrogens (primary N) is 1. The van der Waals surface area contributed by atoms with E-state index < -0.39 is 66.4 Å². The van der Waals surface area contributed by atoms with Gasteiger partial charge in [-0.2, -0.15) is 0 Å². The lowest BCUT2D eigenvalue weighted by molar-refractivity contribution is -0.137. The van der Waals surface area contributed by atoms with Gasteiger partial charge in [0.15, 0.2) is 0 Å². The monoisotopic (exact) mass is 718 g/mol. The van der Waals surface area contributed by atoms with Gasteiger partial charge < -0.3 is 47.1 Å². The Morgan fingerprint density at radius 3 is 1.96 bits per heavy atom. The van der Waals surface area contributed by atoms with Crippen molar-refractivity contribution in [2.24, 2.45) is 5.73 Å². The van der Waals surface area contributed by atoms with E-state index in [-0.39, 0.29) is 84.2 Å². The van der Waals surface area contributed by atoms with Crippen molar-refractivity contribution < 1.29 is 52.6 Å². The van der Waals surface area contributed by atoms with Crippen LogP contribution in [0.4, 0.5) is 0 Å². The maximum absolute atomic E-state index is 12.8. The lowest BCUT2D eigenvalue weighted by atomic mass is 9.99. The van der Waals surface area contributed by atoms with Crippen LogP contribution in [0.3, 0.4) is 0 Å². The number of hydrogen-bond acceptors (Lipinski definition) is 11. The lowest BCUT2D eigenvalue weighted by Gasteiger charge is -2.20. The van der Waals surface area contributed by atoms with Gasteiger partial charge in [-0.05, 0) is 18.4 Å². The van der Waals surface area contributed by atoms with Gasteiger partial charge in [-0.25, -0.2) is 0 Å². The third kappa shape index (κ3) is 18.8. The second-order valence-corrected chi connectivity index (χ2v) is 11.2. The molecule has 1 aliphatic heterocycles. The number of primary amides is 1. The van der Waals surface area contributed by atoms with Crippen LogP contribution in [0.2, 0.25) is 0 Å². The van der Waals surface area contributed by atoms with Crippen LogP contribution in [-0.4, -0.2) is 130 Å². The van der Waals surface area contributed by atoms with Crippen LogP contribution in [0, 0.1) is 0 Å². The molecular weight excluding hydrogens is 672 g/mol. The van der Waals surface area contributed by atoms with Crippen molar-refractivity contribution >= 4 is 53.2 Å². The van der Waals surface area contributed by atoms with E-state index in [9.17, 15) is 43.2 Å². The zero-order valence-electron chi connectivity index (χ0n) is 28.3. The number of allylic oxidation sites excluding steroid dienone is 3. The molecule has 0 bridgehead atoms. The maximum Gasteiger partial charge on any atom is 0.253 e. The molecule has 0 fully saturated rings. The van der Waals surface area contributed by atoms with Gasteiger partial charge >= 0.3 is 0 Å². The van der Waals surface area contributed by atoms with Crippen LogP contribution < -0.4 is 37.6 Å². The first kappa shape index (κ1) is 41.7. The highest BCUT2D eigenvalue weighted by atomic mass is 16.5. The van der Waals surface area contributed by atoms with Crippen molar-refractivity contribution in [2.75, 3.05) is 65.7 Å². The molecule has 2 rings (SSSR count). The highest BCUT2D eigenvalue weighted by molar-refractivity contribution is 6.13. The molecule has 1 aliphatic carbocycles. The van der Waals surface area contributed by atoms with Gasteiger partial charge in [0, 0.05) is 57.5 Å². The zero-order chi connectivity index (χ0) is 37.4. The average Bonchev–Trinajstić information content (AvgIpc) is 3.42. The molecule has 280 valence electrons. The smallest absolute Gasteiger partial charge is 0.253 e. The standard InChI is InChI=1S/C32H46N8O11/c33-24(41)8-11-34-27(44)20-38-32(49)23(18-22-4-2-1-3-5-22)39-29(46)21-37-28(45)19-36-26(43)10-14-50-16-17-51-15-12-35-25(42)9-13-40-30(47)6-7-31(40)48/h2,4-7,23H,1,3,8-21H2,(H2,33,41)(H,34,44)(H,35,42)(H,36,43)(H,37,45)(H,38,49)(H,39,46)/t23-/m0/s1. The number of nitrogens with one attached hydrogen (secondary N) is 6. The normalized spacial score (nSPS) is 14.0. The minimum absolute atomic E-state index is 0.00570. The highest BCUT2D eigenvalue weighted by Crippen LogP contribution is 2.15. The first-order chi connectivity index (χ1) is 24.4. The van der Waals surface area contributed by atoms with Gasteiger partial charge in [0.25, 0.3) is 11.8 Å². The molecular formula is C32H46N8O11. The number of hydrogen-bond donors (Lipinski definition) is 7. The van der Waals surface area contributed by atoms with Gasteiger partial charge in [-0.3, -0.25) is 48.1 Å². The molecule has 19 nitrogen and oxygen atoms in total. The molecule has 0 aromatic rings. The lowest BCUT2D eigenvalue weighted by Crippen LogP contribution is -2.51. The van der Waals surface area contributed by atoms with Crippen molar-refractivity contribution in [3.8, 4) is 0 Å². The van der Waals surface area contributed by atoms with Crippen LogP contribution in [-0.2, 0) is 52.6 Å². The number of nitrogens with zero attached hydrogens (tertiary/aromatic N) is 1.